The lowest BCUT2D eigenvalue weighted by Crippen LogP contribution is -2.41. The van der Waals surface area contributed by atoms with Crippen molar-refractivity contribution in [2.24, 2.45) is 0 Å². The van der Waals surface area contributed by atoms with Gasteiger partial charge in [-0.3, -0.25) is 4.90 Å². The van der Waals surface area contributed by atoms with Crippen LogP contribution in [0.5, 0.6) is 0 Å². The molecule has 0 spiro atoms. The lowest BCUT2D eigenvalue weighted by atomic mass is 9.99. The second-order valence-electron chi connectivity index (χ2n) is 5.43. The first kappa shape index (κ1) is 12.7. The molecule has 0 aliphatic carbocycles. The Hall–Kier alpha value is -1.36. The minimum atomic E-state index is 0.546. The van der Waals surface area contributed by atoms with Gasteiger partial charge in [0.1, 0.15) is 5.82 Å². The van der Waals surface area contributed by atoms with Crippen molar-refractivity contribution in [1.29, 1.82) is 0 Å². The van der Waals surface area contributed by atoms with Crippen molar-refractivity contribution in [3.05, 3.63) is 12.3 Å². The molecule has 1 aromatic rings. The van der Waals surface area contributed by atoms with E-state index in [9.17, 15) is 0 Å². The zero-order valence-electron chi connectivity index (χ0n) is 11.6. The summed E-state index contributed by atoms with van der Waals surface area (Å²) in [5, 5.41) is 6.76. The third kappa shape index (κ3) is 2.81. The van der Waals surface area contributed by atoms with Crippen LogP contribution < -0.4 is 10.6 Å². The van der Waals surface area contributed by atoms with Crippen LogP contribution >= 0.6 is 0 Å². The maximum absolute atomic E-state index is 4.51. The van der Waals surface area contributed by atoms with Gasteiger partial charge in [-0.25, -0.2) is 4.98 Å². The summed E-state index contributed by atoms with van der Waals surface area (Å²) >= 11 is 0. The molecule has 2 aliphatic heterocycles. The fourth-order valence-corrected chi connectivity index (χ4v) is 3.29. The first-order chi connectivity index (χ1) is 9.36. The Bertz CT molecular complexity index is 422. The summed E-state index contributed by atoms with van der Waals surface area (Å²) < 4.78 is 0. The largest absolute Gasteiger partial charge is 0.366 e. The van der Waals surface area contributed by atoms with Gasteiger partial charge in [-0.1, -0.05) is 6.42 Å². The lowest BCUT2D eigenvalue weighted by molar-refractivity contribution is 0.192. The summed E-state index contributed by atoms with van der Waals surface area (Å²) in [5.74, 6) is 1.66. The predicted octanol–water partition coefficient (Wildman–Crippen LogP) is 1.95. The first-order valence-corrected chi connectivity index (χ1v) is 7.44. The zero-order valence-corrected chi connectivity index (χ0v) is 11.6. The maximum atomic E-state index is 4.51. The van der Waals surface area contributed by atoms with Gasteiger partial charge < -0.3 is 10.6 Å². The van der Waals surface area contributed by atoms with Gasteiger partial charge in [-0.05, 0) is 38.8 Å². The number of fused-ring (bicyclic) bond motifs is 1. The van der Waals surface area contributed by atoms with Gasteiger partial charge in [0.25, 0.3) is 0 Å². The fraction of sp³-hybridized carbons (Fsp3) is 0.714. The average molecular weight is 261 g/mol. The number of aromatic nitrogens is 2. The highest BCUT2D eigenvalue weighted by Crippen LogP contribution is 2.28. The van der Waals surface area contributed by atoms with Gasteiger partial charge in [0.15, 0.2) is 0 Å². The van der Waals surface area contributed by atoms with Crippen molar-refractivity contribution in [2.75, 3.05) is 30.3 Å². The monoisotopic (exact) mass is 261 g/mol. The van der Waals surface area contributed by atoms with E-state index >= 15 is 0 Å². The van der Waals surface area contributed by atoms with E-state index in [0.29, 0.717) is 18.0 Å². The average Bonchev–Trinajstić information content (AvgIpc) is 2.83. The Morgan fingerprint density at radius 3 is 3.16 bits per heavy atom. The van der Waals surface area contributed by atoms with Gasteiger partial charge in [0.2, 0.25) is 5.95 Å². The summed E-state index contributed by atoms with van der Waals surface area (Å²) in [6.07, 6.45) is 7.10. The molecule has 2 fully saturated rings. The summed E-state index contributed by atoms with van der Waals surface area (Å²) in [4.78, 5) is 11.4. The molecule has 0 saturated carbocycles. The van der Waals surface area contributed by atoms with Crippen molar-refractivity contribution in [1.82, 2.24) is 14.9 Å². The minimum Gasteiger partial charge on any atom is -0.366 e. The Morgan fingerprint density at radius 1 is 1.32 bits per heavy atom. The van der Waals surface area contributed by atoms with Gasteiger partial charge in [-0.2, -0.15) is 4.98 Å². The standard InChI is InChI=1S/C14H23N5/c1-2-15-14-16-8-6-13(18-14)17-11-7-10-19-9-4-3-5-12(11)19/h6,8,11-12H,2-5,7,9-10H2,1H3,(H2,15,16,17,18). The molecule has 2 saturated heterocycles. The number of piperidine rings is 1. The predicted molar refractivity (Wildman–Crippen MR) is 77.4 cm³/mol. The highest BCUT2D eigenvalue weighted by atomic mass is 15.2. The second kappa shape index (κ2) is 5.74. The van der Waals surface area contributed by atoms with Crippen LogP contribution in [-0.4, -0.2) is 46.6 Å². The van der Waals surface area contributed by atoms with Crippen molar-refractivity contribution in [2.45, 2.75) is 44.7 Å². The molecule has 2 unspecified atom stereocenters. The van der Waals surface area contributed by atoms with E-state index in [1.807, 2.05) is 12.3 Å². The van der Waals surface area contributed by atoms with Crippen LogP contribution in [-0.2, 0) is 0 Å². The first-order valence-electron chi connectivity index (χ1n) is 7.44. The summed E-state index contributed by atoms with van der Waals surface area (Å²) in [5.41, 5.74) is 0. The molecule has 19 heavy (non-hydrogen) atoms. The third-order valence-corrected chi connectivity index (χ3v) is 4.18. The summed E-state index contributed by atoms with van der Waals surface area (Å²) in [6, 6.07) is 3.21. The smallest absolute Gasteiger partial charge is 0.224 e. The van der Waals surface area contributed by atoms with Gasteiger partial charge in [0, 0.05) is 31.4 Å². The van der Waals surface area contributed by atoms with Crippen LogP contribution in [0.15, 0.2) is 12.3 Å². The molecule has 0 amide bonds. The van der Waals surface area contributed by atoms with Crippen LogP contribution in [0.4, 0.5) is 11.8 Å². The number of anilines is 2. The van der Waals surface area contributed by atoms with Crippen LogP contribution in [0.3, 0.4) is 0 Å². The third-order valence-electron chi connectivity index (χ3n) is 4.18. The highest BCUT2D eigenvalue weighted by Gasteiger charge is 2.35. The quantitative estimate of drug-likeness (QED) is 0.867. The van der Waals surface area contributed by atoms with E-state index < -0.39 is 0 Å². The molecule has 3 rings (SSSR count). The Balaban J connectivity index is 1.66. The molecule has 2 aliphatic rings. The van der Waals surface area contributed by atoms with E-state index in [0.717, 1.165) is 12.4 Å². The van der Waals surface area contributed by atoms with E-state index in [1.165, 1.54) is 38.8 Å². The molecular formula is C14H23N5. The van der Waals surface area contributed by atoms with E-state index in [-0.39, 0.29) is 0 Å². The SMILES string of the molecule is CCNc1nccc(NC2CCN3CCCCC23)n1. The Kier molecular flexibility index (Phi) is 3.82. The molecule has 3 heterocycles. The van der Waals surface area contributed by atoms with Crippen LogP contribution in [0, 0.1) is 0 Å². The summed E-state index contributed by atoms with van der Waals surface area (Å²) in [6.45, 7) is 5.41. The van der Waals surface area contributed by atoms with Gasteiger partial charge in [-0.15, -0.1) is 0 Å². The molecule has 2 N–H and O–H groups in total. The Morgan fingerprint density at radius 2 is 2.26 bits per heavy atom. The number of rotatable bonds is 4. The molecule has 0 aromatic carbocycles. The van der Waals surface area contributed by atoms with Crippen LogP contribution in [0.2, 0.25) is 0 Å². The molecule has 104 valence electrons. The van der Waals surface area contributed by atoms with Crippen LogP contribution in [0.1, 0.15) is 32.6 Å². The fourth-order valence-electron chi connectivity index (χ4n) is 3.29. The van der Waals surface area contributed by atoms with Gasteiger partial charge >= 0.3 is 0 Å². The Labute approximate surface area is 114 Å². The number of nitrogens with zero attached hydrogens (tertiary/aromatic N) is 3. The highest BCUT2D eigenvalue weighted by molar-refractivity contribution is 5.41. The molecule has 1 aromatic heterocycles. The summed E-state index contributed by atoms with van der Waals surface area (Å²) in [7, 11) is 0. The van der Waals surface area contributed by atoms with E-state index in [2.05, 4.69) is 32.4 Å². The molecule has 5 nitrogen and oxygen atoms in total. The number of hydrogen-bond acceptors (Lipinski definition) is 5. The number of nitrogens with one attached hydrogen (secondary N) is 2. The van der Waals surface area contributed by atoms with Crippen LogP contribution in [0.25, 0.3) is 0 Å². The van der Waals surface area contributed by atoms with Gasteiger partial charge in [0.05, 0.1) is 0 Å². The van der Waals surface area contributed by atoms with E-state index in [4.69, 9.17) is 0 Å². The van der Waals surface area contributed by atoms with Crippen molar-refractivity contribution in [3.63, 3.8) is 0 Å². The molecule has 5 heteroatoms. The minimum absolute atomic E-state index is 0.546. The molecule has 0 bridgehead atoms. The molecule has 2 atom stereocenters. The topological polar surface area (TPSA) is 53.1 Å². The van der Waals surface area contributed by atoms with E-state index in [1.54, 1.807) is 0 Å². The van der Waals surface area contributed by atoms with Crippen molar-refractivity contribution >= 4 is 11.8 Å². The normalized spacial score (nSPS) is 27.0. The second-order valence-corrected chi connectivity index (χ2v) is 5.43. The van der Waals surface area contributed by atoms with Crippen molar-refractivity contribution in [3.8, 4) is 0 Å². The maximum Gasteiger partial charge on any atom is 0.224 e. The number of hydrogen-bond donors (Lipinski definition) is 2. The lowest BCUT2D eigenvalue weighted by Gasteiger charge is -2.32. The van der Waals surface area contributed by atoms with Crippen molar-refractivity contribution < 1.29 is 0 Å². The molecular weight excluding hydrogens is 238 g/mol. The zero-order chi connectivity index (χ0) is 13.1. The molecule has 0 radical (unpaired) electrons.